The first-order valence-electron chi connectivity index (χ1n) is 9.56. The molecule has 1 unspecified atom stereocenters. The highest BCUT2D eigenvalue weighted by Gasteiger charge is 2.46. The van der Waals surface area contributed by atoms with Crippen LogP contribution >= 0.6 is 11.8 Å². The van der Waals surface area contributed by atoms with E-state index in [0.717, 1.165) is 5.56 Å². The van der Waals surface area contributed by atoms with Crippen LogP contribution in [0.3, 0.4) is 0 Å². The Labute approximate surface area is 177 Å². The first-order chi connectivity index (χ1) is 13.4. The number of nitrogens with zero attached hydrogens (tertiary/aromatic N) is 1. The highest BCUT2D eigenvalue weighted by Crippen LogP contribution is 2.39. The number of alkyl halides is 3. The van der Waals surface area contributed by atoms with Crippen LogP contribution in [0.1, 0.15) is 26.3 Å². The van der Waals surface area contributed by atoms with Gasteiger partial charge in [0.05, 0.1) is 6.07 Å². The van der Waals surface area contributed by atoms with E-state index in [0.29, 0.717) is 5.75 Å². The molecule has 2 nitrogen and oxygen atoms in total. The van der Waals surface area contributed by atoms with Crippen LogP contribution in [0.2, 0.25) is 18.1 Å². The Hall–Kier alpha value is -1.04. The van der Waals surface area contributed by atoms with Crippen molar-refractivity contribution in [2.75, 3.05) is 25.7 Å². The zero-order valence-electron chi connectivity index (χ0n) is 17.8. The molecule has 0 aliphatic rings. The lowest BCUT2D eigenvalue weighted by Crippen LogP contribution is -2.46. The number of thioether (sulfide) groups is 1. The van der Waals surface area contributed by atoms with Gasteiger partial charge in [0.15, 0.2) is 8.32 Å². The molecule has 0 heterocycles. The molecule has 0 aliphatic heterocycles. The molecule has 29 heavy (non-hydrogen) atoms. The minimum atomic E-state index is -2.31. The van der Waals surface area contributed by atoms with Crippen LogP contribution in [0.4, 0.5) is 17.6 Å². The van der Waals surface area contributed by atoms with E-state index in [9.17, 15) is 18.4 Å². The highest BCUT2D eigenvalue weighted by molar-refractivity contribution is 7.98. The second-order valence-electron chi connectivity index (χ2n) is 8.91. The number of halogens is 4. The van der Waals surface area contributed by atoms with Gasteiger partial charge in [-0.25, -0.2) is 17.6 Å². The van der Waals surface area contributed by atoms with Crippen LogP contribution in [0, 0.1) is 28.5 Å². The minimum absolute atomic E-state index is 0.00247. The summed E-state index contributed by atoms with van der Waals surface area (Å²) in [5, 5.41) is 9.14. The SMILES string of the molecule is CC(C)(C)[Si](C)(C)OC[C@@H](CSCc1ccc(F)cc1)C(F)C(C#N)(CF)CF. The largest absolute Gasteiger partial charge is 0.416 e. The molecule has 0 radical (unpaired) electrons. The lowest BCUT2D eigenvalue weighted by Gasteiger charge is -2.38. The van der Waals surface area contributed by atoms with Gasteiger partial charge in [-0.15, -0.1) is 0 Å². The molecule has 0 amide bonds. The third kappa shape index (κ3) is 7.01. The van der Waals surface area contributed by atoms with Crippen molar-refractivity contribution in [1.29, 1.82) is 5.26 Å². The standard InChI is InChI=1S/C21H31F4NOSSi/c1-20(2,3)29(4,5)27-10-17(19(25)21(13-22,14-23)15-26)12-28-11-16-6-8-18(24)9-7-16/h6-9,17,19H,10-14H2,1-5H3/t17-,19?/m0/s1. The second kappa shape index (κ2) is 10.8. The Morgan fingerprint density at radius 2 is 1.69 bits per heavy atom. The predicted molar refractivity (Wildman–Crippen MR) is 114 cm³/mol. The summed E-state index contributed by atoms with van der Waals surface area (Å²) in [6.45, 7) is 7.40. The summed E-state index contributed by atoms with van der Waals surface area (Å²) in [5.41, 5.74) is -1.45. The Kier molecular flexibility index (Phi) is 9.70. The van der Waals surface area contributed by atoms with Gasteiger partial charge in [0.2, 0.25) is 0 Å². The zero-order valence-corrected chi connectivity index (χ0v) is 19.6. The number of hydrogen-bond donors (Lipinski definition) is 0. The van der Waals surface area contributed by atoms with Crippen LogP contribution in [-0.2, 0) is 10.2 Å². The Balaban J connectivity index is 2.92. The van der Waals surface area contributed by atoms with Crippen molar-refractivity contribution in [2.24, 2.45) is 11.3 Å². The molecule has 0 bridgehead atoms. The first-order valence-corrected chi connectivity index (χ1v) is 13.6. The van der Waals surface area contributed by atoms with E-state index in [4.69, 9.17) is 4.43 Å². The zero-order chi connectivity index (χ0) is 22.3. The van der Waals surface area contributed by atoms with Gasteiger partial charge in [0, 0.05) is 24.0 Å². The van der Waals surface area contributed by atoms with Gasteiger partial charge in [0.25, 0.3) is 0 Å². The molecular weight excluding hydrogens is 418 g/mol. The van der Waals surface area contributed by atoms with Gasteiger partial charge < -0.3 is 4.43 Å². The lowest BCUT2D eigenvalue weighted by molar-refractivity contribution is 0.0405. The maximum absolute atomic E-state index is 15.2. The molecule has 0 fully saturated rings. The molecule has 164 valence electrons. The highest BCUT2D eigenvalue weighted by atomic mass is 32.2. The number of benzene rings is 1. The molecule has 0 aliphatic carbocycles. The molecule has 0 aromatic heterocycles. The summed E-state index contributed by atoms with van der Waals surface area (Å²) in [6, 6.07) is 7.48. The molecule has 0 saturated carbocycles. The smallest absolute Gasteiger partial charge is 0.191 e. The number of hydrogen-bond acceptors (Lipinski definition) is 3. The van der Waals surface area contributed by atoms with Crippen LogP contribution in [0.25, 0.3) is 0 Å². The van der Waals surface area contributed by atoms with Crippen molar-refractivity contribution < 1.29 is 22.0 Å². The van der Waals surface area contributed by atoms with Crippen LogP contribution < -0.4 is 0 Å². The summed E-state index contributed by atoms with van der Waals surface area (Å²) < 4.78 is 61.2. The molecule has 0 N–H and O–H groups in total. The summed E-state index contributed by atoms with van der Waals surface area (Å²) in [7, 11) is -2.20. The van der Waals surface area contributed by atoms with Crippen molar-refractivity contribution in [3.8, 4) is 6.07 Å². The van der Waals surface area contributed by atoms with Gasteiger partial charge in [0.1, 0.15) is 30.8 Å². The maximum Gasteiger partial charge on any atom is 0.191 e. The molecule has 1 rings (SSSR count). The van der Waals surface area contributed by atoms with E-state index in [1.165, 1.54) is 30.0 Å². The third-order valence-corrected chi connectivity index (χ3v) is 11.3. The Bertz CT molecular complexity index is 669. The normalized spacial score (nSPS) is 15.0. The summed E-state index contributed by atoms with van der Waals surface area (Å²) in [4.78, 5) is 0. The first kappa shape index (κ1) is 26.0. The number of nitriles is 1. The van der Waals surface area contributed by atoms with Crippen molar-refractivity contribution in [1.82, 2.24) is 0 Å². The Morgan fingerprint density at radius 1 is 1.14 bits per heavy atom. The molecular formula is C21H31F4NOSSi. The molecule has 1 aromatic carbocycles. The Morgan fingerprint density at radius 3 is 2.14 bits per heavy atom. The quantitative estimate of drug-likeness (QED) is 0.286. The van der Waals surface area contributed by atoms with E-state index in [1.807, 2.05) is 33.9 Å². The van der Waals surface area contributed by atoms with Gasteiger partial charge in [-0.3, -0.25) is 0 Å². The third-order valence-electron chi connectivity index (χ3n) is 5.62. The fourth-order valence-corrected chi connectivity index (χ4v) is 4.59. The fourth-order valence-electron chi connectivity index (χ4n) is 2.41. The average molecular weight is 450 g/mol. The number of rotatable bonds is 11. The van der Waals surface area contributed by atoms with Gasteiger partial charge in [-0.1, -0.05) is 32.9 Å². The molecule has 0 saturated heterocycles. The summed E-state index contributed by atoms with van der Waals surface area (Å²) in [5.74, 6) is -0.445. The molecule has 0 spiro atoms. The topological polar surface area (TPSA) is 33.0 Å². The minimum Gasteiger partial charge on any atom is -0.416 e. The van der Waals surface area contributed by atoms with Gasteiger partial charge in [-0.2, -0.15) is 17.0 Å². The van der Waals surface area contributed by atoms with Crippen LogP contribution in [-0.4, -0.2) is 40.2 Å². The summed E-state index contributed by atoms with van der Waals surface area (Å²) >= 11 is 1.37. The van der Waals surface area contributed by atoms with E-state index < -0.39 is 39.2 Å². The van der Waals surface area contributed by atoms with Crippen molar-refractivity contribution in [3.63, 3.8) is 0 Å². The van der Waals surface area contributed by atoms with Crippen molar-refractivity contribution >= 4 is 20.1 Å². The van der Waals surface area contributed by atoms with Crippen molar-refractivity contribution in [3.05, 3.63) is 35.6 Å². The van der Waals surface area contributed by atoms with Crippen molar-refractivity contribution in [2.45, 2.75) is 50.8 Å². The van der Waals surface area contributed by atoms with Crippen LogP contribution in [0.15, 0.2) is 24.3 Å². The van der Waals surface area contributed by atoms with E-state index in [2.05, 4.69) is 0 Å². The summed E-state index contributed by atoms with van der Waals surface area (Å²) in [6.07, 6.45) is -1.99. The lowest BCUT2D eigenvalue weighted by atomic mass is 9.81. The van der Waals surface area contributed by atoms with Gasteiger partial charge >= 0.3 is 0 Å². The predicted octanol–water partition coefficient (Wildman–Crippen LogP) is 6.48. The average Bonchev–Trinajstić information content (AvgIpc) is 2.66. The van der Waals surface area contributed by atoms with E-state index in [1.54, 1.807) is 12.1 Å². The second-order valence-corrected chi connectivity index (χ2v) is 14.7. The monoisotopic (exact) mass is 449 g/mol. The molecule has 2 atom stereocenters. The maximum atomic E-state index is 15.2. The van der Waals surface area contributed by atoms with Crippen LogP contribution in [0.5, 0.6) is 0 Å². The van der Waals surface area contributed by atoms with Gasteiger partial charge in [-0.05, 0) is 35.8 Å². The molecule has 1 aromatic rings. The fraction of sp³-hybridized carbons (Fsp3) is 0.667. The molecule has 8 heteroatoms. The van der Waals surface area contributed by atoms with E-state index >= 15 is 4.39 Å². The van der Waals surface area contributed by atoms with E-state index in [-0.39, 0.29) is 23.2 Å².